The lowest BCUT2D eigenvalue weighted by Crippen LogP contribution is -2.33. The number of hydrogen-bond donors (Lipinski definition) is 1. The predicted octanol–water partition coefficient (Wildman–Crippen LogP) is 3.36. The van der Waals surface area contributed by atoms with Crippen LogP contribution in [0, 0.1) is 12.7 Å². The molecular formula is C16H21FN2OS. The summed E-state index contributed by atoms with van der Waals surface area (Å²) in [5.41, 5.74) is 2.06. The fraction of sp³-hybridized carbons (Fsp3) is 0.438. The Balaban J connectivity index is 2.06. The molecule has 21 heavy (non-hydrogen) atoms. The zero-order valence-corrected chi connectivity index (χ0v) is 13.5. The number of hydrogen-bond acceptors (Lipinski definition) is 4. The summed E-state index contributed by atoms with van der Waals surface area (Å²) in [4.78, 5) is 4.50. The van der Waals surface area contributed by atoms with E-state index in [2.05, 4.69) is 22.6 Å². The van der Waals surface area contributed by atoms with Crippen LogP contribution in [0.5, 0.6) is 5.75 Å². The third-order valence-corrected chi connectivity index (χ3v) is 4.14. The van der Waals surface area contributed by atoms with Crippen molar-refractivity contribution >= 4 is 11.3 Å². The Bertz CT molecular complexity index is 585. The highest BCUT2D eigenvalue weighted by atomic mass is 32.1. The monoisotopic (exact) mass is 308 g/mol. The number of aryl methyl sites for hydroxylation is 1. The molecule has 1 aromatic heterocycles. The molecule has 0 amide bonds. The minimum Gasteiger partial charge on any atom is -0.494 e. The topological polar surface area (TPSA) is 34.1 Å². The van der Waals surface area contributed by atoms with Gasteiger partial charge in [0.15, 0.2) is 11.6 Å². The minimum atomic E-state index is -0.310. The molecule has 0 aliphatic rings. The first-order valence-corrected chi connectivity index (χ1v) is 7.97. The molecule has 1 atom stereocenters. The normalized spacial score (nSPS) is 12.4. The molecule has 0 saturated carbocycles. The van der Waals surface area contributed by atoms with Crippen LogP contribution in [-0.4, -0.2) is 24.7 Å². The van der Waals surface area contributed by atoms with E-state index in [9.17, 15) is 4.39 Å². The Morgan fingerprint density at radius 1 is 1.38 bits per heavy atom. The van der Waals surface area contributed by atoms with Crippen LogP contribution in [0.1, 0.15) is 23.2 Å². The second-order valence-electron chi connectivity index (χ2n) is 4.99. The van der Waals surface area contributed by atoms with E-state index in [-0.39, 0.29) is 17.6 Å². The summed E-state index contributed by atoms with van der Waals surface area (Å²) < 4.78 is 18.7. The first-order chi connectivity index (χ1) is 10.1. The molecule has 0 bridgehead atoms. The van der Waals surface area contributed by atoms with Crippen molar-refractivity contribution in [3.8, 4) is 5.75 Å². The van der Waals surface area contributed by atoms with Crippen molar-refractivity contribution in [1.82, 2.24) is 10.3 Å². The van der Waals surface area contributed by atoms with Gasteiger partial charge in [-0.3, -0.25) is 0 Å². The maximum Gasteiger partial charge on any atom is 0.165 e. The average molecular weight is 308 g/mol. The number of halogens is 1. The van der Waals surface area contributed by atoms with Gasteiger partial charge in [-0.1, -0.05) is 13.0 Å². The summed E-state index contributed by atoms with van der Waals surface area (Å²) in [6.07, 6.45) is 1.62. The van der Waals surface area contributed by atoms with Crippen LogP contribution in [0.25, 0.3) is 0 Å². The smallest absolute Gasteiger partial charge is 0.165 e. The van der Waals surface area contributed by atoms with Crippen LogP contribution in [0.3, 0.4) is 0 Å². The van der Waals surface area contributed by atoms with Crippen LogP contribution >= 0.6 is 11.3 Å². The summed E-state index contributed by atoms with van der Waals surface area (Å²) >= 11 is 1.66. The Labute approximate surface area is 129 Å². The van der Waals surface area contributed by atoms with Crippen molar-refractivity contribution in [2.24, 2.45) is 0 Å². The van der Waals surface area contributed by atoms with E-state index in [1.165, 1.54) is 7.11 Å². The second-order valence-corrected chi connectivity index (χ2v) is 6.05. The highest BCUT2D eigenvalue weighted by Crippen LogP contribution is 2.19. The first-order valence-electron chi connectivity index (χ1n) is 7.09. The van der Waals surface area contributed by atoms with Gasteiger partial charge in [-0.05, 0) is 37.6 Å². The van der Waals surface area contributed by atoms with E-state index in [0.717, 1.165) is 35.7 Å². The average Bonchev–Trinajstić information content (AvgIpc) is 2.84. The molecule has 1 N–H and O–H groups in total. The molecule has 0 aliphatic carbocycles. The second kappa shape index (κ2) is 7.52. The maximum absolute atomic E-state index is 13.8. The molecule has 0 radical (unpaired) electrons. The fourth-order valence-electron chi connectivity index (χ4n) is 2.38. The molecule has 1 aromatic carbocycles. The van der Waals surface area contributed by atoms with Gasteiger partial charge in [0.2, 0.25) is 0 Å². The highest BCUT2D eigenvalue weighted by molar-refractivity contribution is 7.09. The minimum absolute atomic E-state index is 0.254. The molecule has 1 unspecified atom stereocenters. The Hall–Kier alpha value is -1.46. The van der Waals surface area contributed by atoms with Crippen LogP contribution in [-0.2, 0) is 12.8 Å². The number of ether oxygens (including phenoxy) is 1. The number of aromatic nitrogens is 1. The van der Waals surface area contributed by atoms with E-state index >= 15 is 0 Å². The number of nitrogens with zero attached hydrogens (tertiary/aromatic N) is 1. The fourth-order valence-corrected chi connectivity index (χ4v) is 3.01. The molecular weight excluding hydrogens is 287 g/mol. The number of rotatable bonds is 7. The molecule has 0 fully saturated rings. The van der Waals surface area contributed by atoms with Crippen molar-refractivity contribution in [1.29, 1.82) is 0 Å². The number of nitrogens with one attached hydrogen (secondary N) is 1. The maximum atomic E-state index is 13.8. The molecule has 114 valence electrons. The molecule has 0 spiro atoms. The Morgan fingerprint density at radius 2 is 2.19 bits per heavy atom. The van der Waals surface area contributed by atoms with Gasteiger partial charge >= 0.3 is 0 Å². The summed E-state index contributed by atoms with van der Waals surface area (Å²) in [6, 6.07) is 5.40. The van der Waals surface area contributed by atoms with Crippen molar-refractivity contribution in [2.75, 3.05) is 13.7 Å². The van der Waals surface area contributed by atoms with E-state index < -0.39 is 0 Å². The lowest BCUT2D eigenvalue weighted by Gasteiger charge is -2.17. The van der Waals surface area contributed by atoms with E-state index in [1.807, 2.05) is 13.0 Å². The molecule has 2 rings (SSSR count). The van der Waals surface area contributed by atoms with Gasteiger partial charge in [-0.2, -0.15) is 0 Å². The summed E-state index contributed by atoms with van der Waals surface area (Å²) in [5.74, 6) is -0.0244. The van der Waals surface area contributed by atoms with Gasteiger partial charge in [-0.25, -0.2) is 9.37 Å². The van der Waals surface area contributed by atoms with Crippen molar-refractivity contribution < 1.29 is 9.13 Å². The zero-order chi connectivity index (χ0) is 15.2. The Morgan fingerprint density at radius 3 is 2.76 bits per heavy atom. The van der Waals surface area contributed by atoms with E-state index in [0.29, 0.717) is 0 Å². The van der Waals surface area contributed by atoms with Crippen LogP contribution in [0.4, 0.5) is 4.39 Å². The van der Waals surface area contributed by atoms with E-state index in [4.69, 9.17) is 4.74 Å². The standard InChI is InChI=1S/C16H21FN2OS/c1-4-18-13(9-14-10-21-11(2)19-14)7-12-5-6-16(20-3)15(17)8-12/h5-6,8,10,13,18H,4,7,9H2,1-3H3. The quantitative estimate of drug-likeness (QED) is 0.851. The number of likely N-dealkylation sites (N-methyl/N-ethyl adjacent to an activating group) is 1. The lowest BCUT2D eigenvalue weighted by molar-refractivity contribution is 0.386. The summed E-state index contributed by atoms with van der Waals surface area (Å²) in [6.45, 7) is 4.97. The SMILES string of the molecule is CCNC(Cc1ccc(OC)c(F)c1)Cc1csc(C)n1. The van der Waals surface area contributed by atoms with E-state index in [1.54, 1.807) is 23.5 Å². The molecule has 3 nitrogen and oxygen atoms in total. The van der Waals surface area contributed by atoms with Crippen LogP contribution in [0.2, 0.25) is 0 Å². The van der Waals surface area contributed by atoms with Crippen molar-refractivity contribution in [2.45, 2.75) is 32.7 Å². The predicted molar refractivity (Wildman–Crippen MR) is 84.7 cm³/mol. The largest absolute Gasteiger partial charge is 0.494 e. The number of benzene rings is 1. The summed E-state index contributed by atoms with van der Waals surface area (Å²) in [7, 11) is 1.48. The van der Waals surface area contributed by atoms with Gasteiger partial charge in [0, 0.05) is 17.8 Å². The van der Waals surface area contributed by atoms with Crippen molar-refractivity contribution in [3.05, 3.63) is 45.7 Å². The van der Waals surface area contributed by atoms with Crippen molar-refractivity contribution in [3.63, 3.8) is 0 Å². The number of thiazole rings is 1. The van der Waals surface area contributed by atoms with Gasteiger partial charge in [-0.15, -0.1) is 11.3 Å². The number of methoxy groups -OCH3 is 1. The van der Waals surface area contributed by atoms with Crippen LogP contribution in [0.15, 0.2) is 23.6 Å². The van der Waals surface area contributed by atoms with Gasteiger partial charge < -0.3 is 10.1 Å². The molecule has 0 aliphatic heterocycles. The lowest BCUT2D eigenvalue weighted by atomic mass is 10.0. The van der Waals surface area contributed by atoms with Crippen LogP contribution < -0.4 is 10.1 Å². The highest BCUT2D eigenvalue weighted by Gasteiger charge is 2.13. The third-order valence-electron chi connectivity index (χ3n) is 3.31. The molecule has 0 saturated heterocycles. The zero-order valence-electron chi connectivity index (χ0n) is 12.6. The molecule has 1 heterocycles. The van der Waals surface area contributed by atoms with Gasteiger partial charge in [0.1, 0.15) is 0 Å². The first kappa shape index (κ1) is 15.9. The third kappa shape index (κ3) is 4.51. The summed E-state index contributed by atoms with van der Waals surface area (Å²) in [5, 5.41) is 6.62. The molecule has 5 heteroatoms. The van der Waals surface area contributed by atoms with Gasteiger partial charge in [0.05, 0.1) is 17.8 Å². The Kier molecular flexibility index (Phi) is 5.70. The van der Waals surface area contributed by atoms with Gasteiger partial charge in [0.25, 0.3) is 0 Å². The molecule has 2 aromatic rings.